The van der Waals surface area contributed by atoms with Crippen molar-refractivity contribution in [1.82, 2.24) is 10.2 Å². The lowest BCUT2D eigenvalue weighted by Gasteiger charge is -2.38. The van der Waals surface area contributed by atoms with Crippen LogP contribution >= 0.6 is 0 Å². The van der Waals surface area contributed by atoms with Gasteiger partial charge in [0.25, 0.3) is 0 Å². The highest BCUT2D eigenvalue weighted by atomic mass is 16.2. The van der Waals surface area contributed by atoms with Gasteiger partial charge in [-0.25, -0.2) is 0 Å². The second-order valence-corrected chi connectivity index (χ2v) is 7.09. The molecule has 0 bridgehead atoms. The molecule has 0 aromatic rings. The zero-order valence-corrected chi connectivity index (χ0v) is 13.7. The second kappa shape index (κ2) is 7.99. The molecule has 3 N–H and O–H groups in total. The molecule has 1 amide bonds. The van der Waals surface area contributed by atoms with E-state index in [1.807, 2.05) is 27.7 Å². The molecule has 0 heterocycles. The Morgan fingerprint density at radius 1 is 1.30 bits per heavy atom. The van der Waals surface area contributed by atoms with Gasteiger partial charge in [-0.05, 0) is 53.5 Å². The summed E-state index contributed by atoms with van der Waals surface area (Å²) < 4.78 is 0. The third-order valence-corrected chi connectivity index (χ3v) is 4.04. The maximum Gasteiger partial charge on any atom is 0.237 e. The van der Waals surface area contributed by atoms with Crippen LogP contribution in [0.25, 0.3) is 0 Å². The molecule has 0 spiro atoms. The van der Waals surface area contributed by atoms with Gasteiger partial charge in [-0.1, -0.05) is 19.3 Å². The summed E-state index contributed by atoms with van der Waals surface area (Å²) in [5, 5.41) is 3.10. The highest BCUT2D eigenvalue weighted by molar-refractivity contribution is 5.82. The number of carbonyl (C=O) groups is 1. The number of carbonyl (C=O) groups excluding carboxylic acids is 1. The maximum absolute atomic E-state index is 12.4. The van der Waals surface area contributed by atoms with E-state index in [4.69, 9.17) is 5.73 Å². The average molecular weight is 283 g/mol. The van der Waals surface area contributed by atoms with E-state index in [2.05, 4.69) is 10.2 Å². The molecule has 1 aliphatic carbocycles. The van der Waals surface area contributed by atoms with Crippen molar-refractivity contribution in [2.75, 3.05) is 13.1 Å². The van der Waals surface area contributed by atoms with Gasteiger partial charge in [0.15, 0.2) is 0 Å². The summed E-state index contributed by atoms with van der Waals surface area (Å²) >= 11 is 0. The van der Waals surface area contributed by atoms with Crippen molar-refractivity contribution in [3.05, 3.63) is 0 Å². The average Bonchev–Trinajstić information content (AvgIpc) is 2.38. The maximum atomic E-state index is 12.4. The van der Waals surface area contributed by atoms with E-state index in [1.165, 1.54) is 32.1 Å². The van der Waals surface area contributed by atoms with Crippen molar-refractivity contribution >= 4 is 5.91 Å². The quantitative estimate of drug-likeness (QED) is 0.786. The van der Waals surface area contributed by atoms with Crippen molar-refractivity contribution in [2.45, 2.75) is 83.8 Å². The lowest BCUT2D eigenvalue weighted by atomic mass is 9.93. The molecular weight excluding hydrogens is 250 g/mol. The smallest absolute Gasteiger partial charge is 0.237 e. The van der Waals surface area contributed by atoms with Crippen molar-refractivity contribution in [3.8, 4) is 0 Å². The van der Waals surface area contributed by atoms with Crippen LogP contribution in [-0.4, -0.2) is 41.5 Å². The number of nitrogens with zero attached hydrogens (tertiary/aromatic N) is 1. The molecule has 1 rings (SSSR count). The Bertz CT molecular complexity index is 293. The van der Waals surface area contributed by atoms with E-state index in [-0.39, 0.29) is 17.5 Å². The van der Waals surface area contributed by atoms with Crippen molar-refractivity contribution < 1.29 is 4.79 Å². The summed E-state index contributed by atoms with van der Waals surface area (Å²) in [6, 6.07) is 0.486. The van der Waals surface area contributed by atoms with E-state index in [1.54, 1.807) is 0 Å². The van der Waals surface area contributed by atoms with Crippen molar-refractivity contribution in [2.24, 2.45) is 5.73 Å². The fourth-order valence-corrected chi connectivity index (χ4v) is 3.00. The van der Waals surface area contributed by atoms with Crippen LogP contribution in [0.15, 0.2) is 0 Å². The van der Waals surface area contributed by atoms with E-state index in [9.17, 15) is 4.79 Å². The van der Waals surface area contributed by atoms with Crippen molar-refractivity contribution in [1.29, 1.82) is 0 Å². The minimum atomic E-state index is -0.169. The van der Waals surface area contributed by atoms with Gasteiger partial charge < -0.3 is 11.1 Å². The number of nitrogens with two attached hydrogens (primary N) is 1. The van der Waals surface area contributed by atoms with E-state index in [0.29, 0.717) is 12.6 Å². The number of amides is 1. The molecule has 4 heteroatoms. The molecule has 1 atom stereocenters. The third kappa shape index (κ3) is 5.80. The Balaban J connectivity index is 2.67. The minimum Gasteiger partial charge on any atom is -0.350 e. The summed E-state index contributed by atoms with van der Waals surface area (Å²) in [5.41, 5.74) is 5.49. The highest BCUT2D eigenvalue weighted by Gasteiger charge is 2.30. The van der Waals surface area contributed by atoms with Crippen LogP contribution in [0.5, 0.6) is 0 Å². The second-order valence-electron chi connectivity index (χ2n) is 7.09. The van der Waals surface area contributed by atoms with E-state index < -0.39 is 0 Å². The number of hydrogen-bond acceptors (Lipinski definition) is 3. The summed E-state index contributed by atoms with van der Waals surface area (Å²) in [6.07, 6.45) is 7.32. The molecule has 0 aliphatic heterocycles. The molecule has 118 valence electrons. The SMILES string of the molecule is CC(C(=O)NC(C)(C)C)N(CCCN)C1CCCCC1. The first kappa shape index (κ1) is 17.4. The molecule has 0 aromatic heterocycles. The van der Waals surface area contributed by atoms with E-state index >= 15 is 0 Å². The molecule has 1 unspecified atom stereocenters. The van der Waals surface area contributed by atoms with Crippen LogP contribution in [0, 0.1) is 0 Å². The standard InChI is InChI=1S/C16H33N3O/c1-13(15(20)18-16(2,3)4)19(12-8-11-17)14-9-6-5-7-10-14/h13-14H,5-12,17H2,1-4H3,(H,18,20). The fourth-order valence-electron chi connectivity index (χ4n) is 3.00. The summed E-state index contributed by atoms with van der Waals surface area (Å²) in [7, 11) is 0. The fraction of sp³-hybridized carbons (Fsp3) is 0.938. The molecule has 0 saturated heterocycles. The lowest BCUT2D eigenvalue weighted by molar-refractivity contribution is -0.128. The van der Waals surface area contributed by atoms with Crippen LogP contribution in [0.3, 0.4) is 0 Å². The first-order chi connectivity index (χ1) is 9.35. The molecule has 0 aromatic carbocycles. The largest absolute Gasteiger partial charge is 0.350 e. The summed E-state index contributed by atoms with van der Waals surface area (Å²) in [6.45, 7) is 9.75. The van der Waals surface area contributed by atoms with Gasteiger partial charge in [-0.15, -0.1) is 0 Å². The van der Waals surface area contributed by atoms with Crippen LogP contribution in [0.2, 0.25) is 0 Å². The van der Waals surface area contributed by atoms with Crippen LogP contribution in [0.4, 0.5) is 0 Å². The molecule has 1 aliphatic rings. The first-order valence-corrected chi connectivity index (χ1v) is 8.13. The number of nitrogens with one attached hydrogen (secondary N) is 1. The predicted octanol–water partition coefficient (Wildman–Crippen LogP) is 2.27. The van der Waals surface area contributed by atoms with Crippen LogP contribution in [0.1, 0.15) is 66.2 Å². The van der Waals surface area contributed by atoms with Gasteiger partial charge in [0.2, 0.25) is 5.91 Å². The lowest BCUT2D eigenvalue weighted by Crippen LogP contribution is -2.54. The molecule has 4 nitrogen and oxygen atoms in total. The Morgan fingerprint density at radius 3 is 2.40 bits per heavy atom. The molecule has 1 fully saturated rings. The zero-order valence-electron chi connectivity index (χ0n) is 13.7. The molecule has 20 heavy (non-hydrogen) atoms. The number of rotatable bonds is 6. The summed E-state index contributed by atoms with van der Waals surface area (Å²) in [4.78, 5) is 14.8. The molecular formula is C16H33N3O. The topological polar surface area (TPSA) is 58.4 Å². The Labute approximate surface area is 124 Å². The predicted molar refractivity (Wildman–Crippen MR) is 84.6 cm³/mol. The first-order valence-electron chi connectivity index (χ1n) is 8.13. The zero-order chi connectivity index (χ0) is 15.2. The van der Waals surface area contributed by atoms with Crippen molar-refractivity contribution in [3.63, 3.8) is 0 Å². The Morgan fingerprint density at radius 2 is 1.90 bits per heavy atom. The van der Waals surface area contributed by atoms with Gasteiger partial charge >= 0.3 is 0 Å². The monoisotopic (exact) mass is 283 g/mol. The van der Waals surface area contributed by atoms with Gasteiger partial charge in [-0.3, -0.25) is 9.69 Å². The normalized spacial score (nSPS) is 19.1. The molecule has 1 saturated carbocycles. The van der Waals surface area contributed by atoms with Crippen LogP contribution in [-0.2, 0) is 4.79 Å². The molecule has 0 radical (unpaired) electrons. The van der Waals surface area contributed by atoms with E-state index in [0.717, 1.165) is 13.0 Å². The van der Waals surface area contributed by atoms with Gasteiger partial charge in [0.1, 0.15) is 0 Å². The van der Waals surface area contributed by atoms with Gasteiger partial charge in [0.05, 0.1) is 6.04 Å². The Kier molecular flexibility index (Phi) is 6.96. The summed E-state index contributed by atoms with van der Waals surface area (Å²) in [5.74, 6) is 0.139. The highest BCUT2D eigenvalue weighted by Crippen LogP contribution is 2.24. The number of hydrogen-bond donors (Lipinski definition) is 2. The van der Waals surface area contributed by atoms with Gasteiger partial charge in [-0.2, -0.15) is 0 Å². The van der Waals surface area contributed by atoms with Crippen LogP contribution < -0.4 is 11.1 Å². The minimum absolute atomic E-state index is 0.0659. The Hall–Kier alpha value is -0.610. The third-order valence-electron chi connectivity index (χ3n) is 4.04. The van der Waals surface area contributed by atoms with Gasteiger partial charge in [0, 0.05) is 18.1 Å².